The standard InChI is InChI=1S/C22H25ClN2O2S/c1-13-9-15(23)6-8-18(13)27-12-20(26)25-21-17(11-24)16-7-5-14(22(2,3)4)10-19(16)28-21/h6,8-9,14H,5,7,10,12H2,1-4H3,(H,25,26)/t14-/m0/s1. The molecule has 1 atom stereocenters. The van der Waals surface area contributed by atoms with Gasteiger partial charge in [0, 0.05) is 9.90 Å². The molecular weight excluding hydrogens is 392 g/mol. The molecule has 148 valence electrons. The summed E-state index contributed by atoms with van der Waals surface area (Å²) < 4.78 is 5.61. The second kappa shape index (κ2) is 8.14. The predicted molar refractivity (Wildman–Crippen MR) is 114 cm³/mol. The molecule has 0 saturated carbocycles. The zero-order chi connectivity index (χ0) is 20.5. The highest BCUT2D eigenvalue weighted by atomic mass is 35.5. The molecule has 2 aromatic rings. The number of aryl methyl sites for hydroxylation is 1. The largest absolute Gasteiger partial charge is 0.483 e. The van der Waals surface area contributed by atoms with Crippen LogP contribution in [0.15, 0.2) is 18.2 Å². The van der Waals surface area contributed by atoms with Crippen LogP contribution in [-0.2, 0) is 17.6 Å². The molecule has 0 fully saturated rings. The molecule has 3 rings (SSSR count). The van der Waals surface area contributed by atoms with Crippen molar-refractivity contribution in [3.8, 4) is 11.8 Å². The highest BCUT2D eigenvalue weighted by Crippen LogP contribution is 2.43. The van der Waals surface area contributed by atoms with Crippen LogP contribution >= 0.6 is 22.9 Å². The van der Waals surface area contributed by atoms with E-state index in [-0.39, 0.29) is 17.9 Å². The van der Waals surface area contributed by atoms with Gasteiger partial charge in [-0.25, -0.2) is 0 Å². The maximum Gasteiger partial charge on any atom is 0.262 e. The lowest BCUT2D eigenvalue weighted by molar-refractivity contribution is -0.118. The molecular formula is C22H25ClN2O2S. The molecule has 4 nitrogen and oxygen atoms in total. The maximum atomic E-state index is 12.4. The van der Waals surface area contributed by atoms with Crippen molar-refractivity contribution in [3.63, 3.8) is 0 Å². The first-order valence-electron chi connectivity index (χ1n) is 9.42. The van der Waals surface area contributed by atoms with Crippen LogP contribution in [0.2, 0.25) is 5.02 Å². The van der Waals surface area contributed by atoms with Crippen LogP contribution in [0.25, 0.3) is 0 Å². The van der Waals surface area contributed by atoms with Crippen molar-refractivity contribution in [3.05, 3.63) is 44.8 Å². The number of fused-ring (bicyclic) bond motifs is 1. The second-order valence-electron chi connectivity index (χ2n) is 8.37. The van der Waals surface area contributed by atoms with E-state index >= 15 is 0 Å². The van der Waals surface area contributed by atoms with Gasteiger partial charge in [0.05, 0.1) is 5.56 Å². The molecule has 0 radical (unpaired) electrons. The summed E-state index contributed by atoms with van der Waals surface area (Å²) in [5.74, 6) is 0.945. The molecule has 1 N–H and O–H groups in total. The minimum absolute atomic E-state index is 0.111. The fourth-order valence-corrected chi connectivity index (χ4v) is 5.13. The molecule has 0 aliphatic heterocycles. The summed E-state index contributed by atoms with van der Waals surface area (Å²) in [4.78, 5) is 13.6. The van der Waals surface area contributed by atoms with E-state index in [4.69, 9.17) is 16.3 Å². The number of benzene rings is 1. The van der Waals surface area contributed by atoms with E-state index < -0.39 is 0 Å². The van der Waals surface area contributed by atoms with E-state index in [1.165, 1.54) is 16.2 Å². The van der Waals surface area contributed by atoms with Gasteiger partial charge in [0.2, 0.25) is 0 Å². The summed E-state index contributed by atoms with van der Waals surface area (Å²) >= 11 is 7.48. The van der Waals surface area contributed by atoms with Gasteiger partial charge in [-0.1, -0.05) is 32.4 Å². The van der Waals surface area contributed by atoms with Crippen molar-refractivity contribution in [2.75, 3.05) is 11.9 Å². The summed E-state index contributed by atoms with van der Waals surface area (Å²) in [6.45, 7) is 8.56. The van der Waals surface area contributed by atoms with Crippen molar-refractivity contribution >= 4 is 33.8 Å². The molecule has 28 heavy (non-hydrogen) atoms. The average molecular weight is 417 g/mol. The average Bonchev–Trinajstić information content (AvgIpc) is 2.96. The van der Waals surface area contributed by atoms with Crippen LogP contribution in [0.3, 0.4) is 0 Å². The third-order valence-electron chi connectivity index (χ3n) is 5.35. The summed E-state index contributed by atoms with van der Waals surface area (Å²) in [5, 5.41) is 13.8. The van der Waals surface area contributed by atoms with E-state index in [1.54, 1.807) is 18.2 Å². The number of thiophene rings is 1. The lowest BCUT2D eigenvalue weighted by Crippen LogP contribution is -2.26. The second-order valence-corrected chi connectivity index (χ2v) is 9.91. The molecule has 0 bridgehead atoms. The van der Waals surface area contributed by atoms with Crippen LogP contribution in [0.4, 0.5) is 5.00 Å². The Kier molecular flexibility index (Phi) is 6.02. The number of carbonyl (C=O) groups is 1. The van der Waals surface area contributed by atoms with Gasteiger partial charge in [-0.2, -0.15) is 5.26 Å². The Morgan fingerprint density at radius 2 is 2.18 bits per heavy atom. The van der Waals surface area contributed by atoms with E-state index in [0.717, 1.165) is 30.4 Å². The third kappa shape index (κ3) is 4.51. The van der Waals surface area contributed by atoms with E-state index in [2.05, 4.69) is 32.2 Å². The minimum Gasteiger partial charge on any atom is -0.483 e. The van der Waals surface area contributed by atoms with Gasteiger partial charge in [0.15, 0.2) is 6.61 Å². The molecule has 1 aliphatic rings. The molecule has 0 saturated heterocycles. The van der Waals surface area contributed by atoms with Gasteiger partial charge in [-0.3, -0.25) is 4.79 Å². The molecule has 1 aliphatic carbocycles. The molecule has 1 amide bonds. The van der Waals surface area contributed by atoms with Crippen LogP contribution in [-0.4, -0.2) is 12.5 Å². The number of nitrogens with zero attached hydrogens (tertiary/aromatic N) is 1. The summed E-state index contributed by atoms with van der Waals surface area (Å²) in [5.41, 5.74) is 2.83. The zero-order valence-electron chi connectivity index (χ0n) is 16.7. The maximum absolute atomic E-state index is 12.4. The first-order chi connectivity index (χ1) is 13.2. The van der Waals surface area contributed by atoms with Crippen molar-refractivity contribution in [1.82, 2.24) is 0 Å². The smallest absolute Gasteiger partial charge is 0.262 e. The Morgan fingerprint density at radius 1 is 1.43 bits per heavy atom. The Balaban J connectivity index is 1.70. The van der Waals surface area contributed by atoms with Gasteiger partial charge in [0.1, 0.15) is 16.8 Å². The number of amides is 1. The third-order valence-corrected chi connectivity index (χ3v) is 6.76. The highest BCUT2D eigenvalue weighted by Gasteiger charge is 2.32. The minimum atomic E-state index is -0.267. The summed E-state index contributed by atoms with van der Waals surface area (Å²) in [7, 11) is 0. The normalized spacial score (nSPS) is 16.2. The van der Waals surface area contributed by atoms with Gasteiger partial charge in [0.25, 0.3) is 5.91 Å². The SMILES string of the molecule is Cc1cc(Cl)ccc1OCC(=O)Nc1sc2c(c1C#N)CC[C@H](C(C)(C)C)C2. The quantitative estimate of drug-likeness (QED) is 0.690. The van der Waals surface area contributed by atoms with Crippen molar-refractivity contribution in [2.45, 2.75) is 47.0 Å². The van der Waals surface area contributed by atoms with E-state index in [1.807, 2.05) is 6.92 Å². The number of halogens is 1. The predicted octanol–water partition coefficient (Wildman–Crippen LogP) is 5.75. The molecule has 6 heteroatoms. The molecule has 0 unspecified atom stereocenters. The molecule has 1 aromatic carbocycles. The number of hydrogen-bond donors (Lipinski definition) is 1. The first kappa shape index (κ1) is 20.7. The Bertz CT molecular complexity index is 937. The number of ether oxygens (including phenoxy) is 1. The molecule has 1 heterocycles. The number of rotatable bonds is 4. The number of nitriles is 1. The van der Waals surface area contributed by atoms with Gasteiger partial charge in [-0.15, -0.1) is 11.3 Å². The van der Waals surface area contributed by atoms with Crippen molar-refractivity contribution < 1.29 is 9.53 Å². The number of hydrogen-bond acceptors (Lipinski definition) is 4. The highest BCUT2D eigenvalue weighted by molar-refractivity contribution is 7.16. The molecule has 0 spiro atoms. The van der Waals surface area contributed by atoms with Gasteiger partial charge < -0.3 is 10.1 Å². The fourth-order valence-electron chi connectivity index (χ4n) is 3.61. The topological polar surface area (TPSA) is 62.1 Å². The van der Waals surface area contributed by atoms with Crippen LogP contribution in [0, 0.1) is 29.6 Å². The number of anilines is 1. The van der Waals surface area contributed by atoms with Gasteiger partial charge in [-0.05, 0) is 66.8 Å². The lowest BCUT2D eigenvalue weighted by atomic mass is 9.72. The van der Waals surface area contributed by atoms with Crippen LogP contribution in [0.5, 0.6) is 5.75 Å². The molecule has 1 aromatic heterocycles. The monoisotopic (exact) mass is 416 g/mol. The number of nitrogens with one attached hydrogen (secondary N) is 1. The first-order valence-corrected chi connectivity index (χ1v) is 10.6. The zero-order valence-corrected chi connectivity index (χ0v) is 18.3. The van der Waals surface area contributed by atoms with Crippen molar-refractivity contribution in [2.24, 2.45) is 11.3 Å². The fraction of sp³-hybridized carbons (Fsp3) is 0.455. The number of carbonyl (C=O) groups excluding carboxylic acids is 1. The Hall–Kier alpha value is -2.03. The summed E-state index contributed by atoms with van der Waals surface area (Å²) in [6.07, 6.45) is 2.94. The van der Waals surface area contributed by atoms with E-state index in [9.17, 15) is 10.1 Å². The van der Waals surface area contributed by atoms with Crippen LogP contribution < -0.4 is 10.1 Å². The van der Waals surface area contributed by atoms with Gasteiger partial charge >= 0.3 is 0 Å². The van der Waals surface area contributed by atoms with E-state index in [0.29, 0.717) is 27.3 Å². The Morgan fingerprint density at radius 3 is 2.82 bits per heavy atom. The van der Waals surface area contributed by atoms with Crippen molar-refractivity contribution in [1.29, 1.82) is 5.26 Å². The van der Waals surface area contributed by atoms with Crippen LogP contribution in [0.1, 0.15) is 48.8 Å². The lowest BCUT2D eigenvalue weighted by Gasteiger charge is -2.33. The summed E-state index contributed by atoms with van der Waals surface area (Å²) in [6, 6.07) is 7.57. The Labute approximate surface area is 175 Å².